The summed E-state index contributed by atoms with van der Waals surface area (Å²) in [4.78, 5) is 14.5. The van der Waals surface area contributed by atoms with Gasteiger partial charge in [-0.1, -0.05) is 23.7 Å². The number of hydrogen-bond acceptors (Lipinski definition) is 3. The van der Waals surface area contributed by atoms with Crippen LogP contribution in [0.3, 0.4) is 0 Å². The largest absolute Gasteiger partial charge is 0.384 e. The van der Waals surface area contributed by atoms with E-state index >= 15 is 0 Å². The molecule has 1 saturated heterocycles. The lowest BCUT2D eigenvalue weighted by Gasteiger charge is -2.31. The summed E-state index contributed by atoms with van der Waals surface area (Å²) in [7, 11) is 3.49. The van der Waals surface area contributed by atoms with E-state index in [-0.39, 0.29) is 5.91 Å². The molecule has 110 valence electrons. The molecular formula is C15H21ClN2O2. The lowest BCUT2D eigenvalue weighted by molar-refractivity contribution is -0.143. The monoisotopic (exact) mass is 296 g/mol. The predicted molar refractivity (Wildman–Crippen MR) is 79.7 cm³/mol. The van der Waals surface area contributed by atoms with Crippen LogP contribution in [0.1, 0.15) is 12.0 Å². The average molecular weight is 297 g/mol. The van der Waals surface area contributed by atoms with Gasteiger partial charge in [-0.25, -0.2) is 0 Å². The van der Waals surface area contributed by atoms with Crippen molar-refractivity contribution < 1.29 is 9.53 Å². The Balaban J connectivity index is 2.05. The molecule has 1 unspecified atom stereocenters. The number of rotatable bonds is 5. The first kappa shape index (κ1) is 15.3. The Hall–Kier alpha value is -1.10. The molecule has 1 aromatic rings. The third-order valence-corrected chi connectivity index (χ3v) is 4.05. The number of carbonyl (C=O) groups is 1. The van der Waals surface area contributed by atoms with Crippen LogP contribution in [-0.2, 0) is 16.1 Å². The zero-order valence-electron chi connectivity index (χ0n) is 12.0. The third-order valence-electron chi connectivity index (χ3n) is 3.80. The maximum atomic E-state index is 12.7. The lowest BCUT2D eigenvalue weighted by atomic mass is 9.86. The molecule has 1 heterocycles. The zero-order chi connectivity index (χ0) is 14.6. The molecular weight excluding hydrogens is 276 g/mol. The highest BCUT2D eigenvalue weighted by atomic mass is 35.5. The van der Waals surface area contributed by atoms with Crippen LogP contribution in [0.4, 0.5) is 0 Å². The van der Waals surface area contributed by atoms with Crippen molar-refractivity contribution in [3.63, 3.8) is 0 Å². The van der Waals surface area contributed by atoms with E-state index in [0.717, 1.165) is 18.5 Å². The number of amides is 1. The second kappa shape index (κ2) is 6.57. The van der Waals surface area contributed by atoms with E-state index in [9.17, 15) is 4.79 Å². The SMILES string of the molecule is COCC1(C(=O)N(C)Cc2ccc(Cl)cc2)CCNC1. The molecule has 1 aromatic carbocycles. The zero-order valence-corrected chi connectivity index (χ0v) is 12.7. The van der Waals surface area contributed by atoms with E-state index in [4.69, 9.17) is 16.3 Å². The van der Waals surface area contributed by atoms with Gasteiger partial charge < -0.3 is 15.0 Å². The molecule has 20 heavy (non-hydrogen) atoms. The van der Waals surface area contributed by atoms with E-state index in [1.165, 1.54) is 0 Å². The highest BCUT2D eigenvalue weighted by molar-refractivity contribution is 6.30. The molecule has 0 saturated carbocycles. The van der Waals surface area contributed by atoms with Crippen LogP contribution < -0.4 is 5.32 Å². The Morgan fingerprint density at radius 2 is 2.15 bits per heavy atom. The van der Waals surface area contributed by atoms with Gasteiger partial charge in [-0.05, 0) is 30.7 Å². The van der Waals surface area contributed by atoms with Crippen LogP contribution >= 0.6 is 11.6 Å². The first-order valence-corrected chi connectivity index (χ1v) is 7.15. The Morgan fingerprint density at radius 3 is 2.70 bits per heavy atom. The minimum atomic E-state index is -0.421. The number of benzene rings is 1. The van der Waals surface area contributed by atoms with Gasteiger partial charge in [0.15, 0.2) is 0 Å². The Morgan fingerprint density at radius 1 is 1.45 bits per heavy atom. The predicted octanol–water partition coefficient (Wildman–Crippen LogP) is 1.92. The lowest BCUT2D eigenvalue weighted by Crippen LogP contribution is -2.46. The minimum Gasteiger partial charge on any atom is -0.384 e. The van der Waals surface area contributed by atoms with Gasteiger partial charge in [-0.2, -0.15) is 0 Å². The van der Waals surface area contributed by atoms with Crippen molar-refractivity contribution in [2.45, 2.75) is 13.0 Å². The first-order chi connectivity index (χ1) is 9.57. The maximum Gasteiger partial charge on any atom is 0.232 e. The molecule has 1 amide bonds. The van der Waals surface area contributed by atoms with Crippen LogP contribution in [0, 0.1) is 5.41 Å². The fourth-order valence-electron chi connectivity index (χ4n) is 2.73. The van der Waals surface area contributed by atoms with E-state index in [0.29, 0.717) is 24.7 Å². The first-order valence-electron chi connectivity index (χ1n) is 6.77. The fraction of sp³-hybridized carbons (Fsp3) is 0.533. The van der Waals surface area contributed by atoms with E-state index in [1.54, 1.807) is 12.0 Å². The van der Waals surface area contributed by atoms with Gasteiger partial charge in [0.05, 0.1) is 12.0 Å². The molecule has 5 heteroatoms. The summed E-state index contributed by atoms with van der Waals surface area (Å²) in [5.41, 5.74) is 0.652. The van der Waals surface area contributed by atoms with Crippen LogP contribution in [-0.4, -0.2) is 44.7 Å². The number of nitrogens with one attached hydrogen (secondary N) is 1. The van der Waals surface area contributed by atoms with E-state index in [1.807, 2.05) is 31.3 Å². The van der Waals surface area contributed by atoms with Crippen molar-refractivity contribution in [2.24, 2.45) is 5.41 Å². The second-order valence-electron chi connectivity index (χ2n) is 5.43. The summed E-state index contributed by atoms with van der Waals surface area (Å²) in [5, 5.41) is 3.97. The minimum absolute atomic E-state index is 0.138. The Bertz CT molecular complexity index is 455. The number of carbonyl (C=O) groups excluding carboxylic acids is 1. The summed E-state index contributed by atoms with van der Waals surface area (Å²) in [6.45, 7) is 2.60. The molecule has 1 atom stereocenters. The van der Waals surface area contributed by atoms with Crippen molar-refractivity contribution in [1.82, 2.24) is 10.2 Å². The molecule has 1 aliphatic heterocycles. The molecule has 0 spiro atoms. The van der Waals surface area contributed by atoms with Crippen molar-refractivity contribution >= 4 is 17.5 Å². The van der Waals surface area contributed by atoms with Crippen molar-refractivity contribution in [2.75, 3.05) is 33.9 Å². The summed E-state index contributed by atoms with van der Waals surface area (Å²) in [5.74, 6) is 0.138. The summed E-state index contributed by atoms with van der Waals surface area (Å²) < 4.78 is 5.26. The van der Waals surface area contributed by atoms with Gasteiger partial charge in [0.1, 0.15) is 0 Å². The van der Waals surface area contributed by atoms with Crippen LogP contribution in [0.5, 0.6) is 0 Å². The highest BCUT2D eigenvalue weighted by Gasteiger charge is 2.42. The fourth-order valence-corrected chi connectivity index (χ4v) is 2.85. The number of methoxy groups -OCH3 is 1. The van der Waals surface area contributed by atoms with Gasteiger partial charge >= 0.3 is 0 Å². The smallest absolute Gasteiger partial charge is 0.232 e. The van der Waals surface area contributed by atoms with Gasteiger partial charge in [-0.3, -0.25) is 4.79 Å². The summed E-state index contributed by atoms with van der Waals surface area (Å²) in [6, 6.07) is 7.58. The van der Waals surface area contributed by atoms with Crippen LogP contribution in [0.25, 0.3) is 0 Å². The maximum absolute atomic E-state index is 12.7. The molecule has 0 bridgehead atoms. The highest BCUT2D eigenvalue weighted by Crippen LogP contribution is 2.28. The molecule has 1 fully saturated rings. The van der Waals surface area contributed by atoms with Crippen molar-refractivity contribution in [3.8, 4) is 0 Å². The van der Waals surface area contributed by atoms with Crippen molar-refractivity contribution in [1.29, 1.82) is 0 Å². The summed E-state index contributed by atoms with van der Waals surface area (Å²) in [6.07, 6.45) is 0.824. The van der Waals surface area contributed by atoms with Gasteiger partial charge in [0.2, 0.25) is 5.91 Å². The molecule has 1 aliphatic rings. The number of halogens is 1. The van der Waals surface area contributed by atoms with Crippen molar-refractivity contribution in [3.05, 3.63) is 34.9 Å². The van der Waals surface area contributed by atoms with Gasteiger partial charge in [-0.15, -0.1) is 0 Å². The normalized spacial score (nSPS) is 21.9. The van der Waals surface area contributed by atoms with Crippen LogP contribution in [0.15, 0.2) is 24.3 Å². The number of nitrogens with zero attached hydrogens (tertiary/aromatic N) is 1. The molecule has 0 aliphatic carbocycles. The van der Waals surface area contributed by atoms with Gasteiger partial charge in [0.25, 0.3) is 0 Å². The Labute approximate surface area is 125 Å². The second-order valence-corrected chi connectivity index (χ2v) is 5.86. The number of hydrogen-bond donors (Lipinski definition) is 1. The molecule has 2 rings (SSSR count). The Kier molecular flexibility index (Phi) is 5.02. The van der Waals surface area contributed by atoms with Crippen LogP contribution in [0.2, 0.25) is 5.02 Å². The number of ether oxygens (including phenoxy) is 1. The average Bonchev–Trinajstić information content (AvgIpc) is 2.90. The standard InChI is InChI=1S/C15H21ClN2O2/c1-18(9-12-3-5-13(16)6-4-12)14(19)15(11-20-2)7-8-17-10-15/h3-6,17H,7-11H2,1-2H3. The molecule has 0 aromatic heterocycles. The van der Waals surface area contributed by atoms with E-state index < -0.39 is 5.41 Å². The summed E-state index contributed by atoms with van der Waals surface area (Å²) >= 11 is 5.87. The quantitative estimate of drug-likeness (QED) is 0.903. The third kappa shape index (κ3) is 3.32. The van der Waals surface area contributed by atoms with E-state index in [2.05, 4.69) is 5.32 Å². The molecule has 0 radical (unpaired) electrons. The topological polar surface area (TPSA) is 41.6 Å². The molecule has 1 N–H and O–H groups in total. The molecule has 4 nitrogen and oxygen atoms in total. The van der Waals surface area contributed by atoms with Gasteiger partial charge in [0, 0.05) is 32.3 Å².